The third kappa shape index (κ3) is 3.49. The monoisotopic (exact) mass is 296 g/mol. The highest BCUT2D eigenvalue weighted by Crippen LogP contribution is 2.22. The van der Waals surface area contributed by atoms with Crippen LogP contribution in [0.15, 0.2) is 36.7 Å². The zero-order valence-electron chi connectivity index (χ0n) is 12.7. The van der Waals surface area contributed by atoms with Gasteiger partial charge in [0, 0.05) is 18.3 Å². The first-order valence-electron chi connectivity index (χ1n) is 7.59. The Hall–Kier alpha value is -2.27. The van der Waals surface area contributed by atoms with E-state index in [4.69, 9.17) is 0 Å². The Morgan fingerprint density at radius 1 is 1.36 bits per heavy atom. The molecule has 0 aliphatic carbocycles. The van der Waals surface area contributed by atoms with Gasteiger partial charge in [0.2, 0.25) is 0 Å². The average molecular weight is 296 g/mol. The summed E-state index contributed by atoms with van der Waals surface area (Å²) in [5.41, 5.74) is 3.56. The predicted molar refractivity (Wildman–Crippen MR) is 84.6 cm³/mol. The van der Waals surface area contributed by atoms with Crippen LogP contribution >= 0.6 is 0 Å². The zero-order chi connectivity index (χ0) is 15.4. The van der Waals surface area contributed by atoms with Gasteiger partial charge in [-0.1, -0.05) is 12.1 Å². The minimum absolute atomic E-state index is 0.0739. The van der Waals surface area contributed by atoms with Gasteiger partial charge in [-0.25, -0.2) is 0 Å². The third-order valence-corrected chi connectivity index (χ3v) is 3.95. The van der Waals surface area contributed by atoms with Gasteiger partial charge in [-0.15, -0.1) is 0 Å². The minimum atomic E-state index is -0.0739. The van der Waals surface area contributed by atoms with Gasteiger partial charge in [-0.3, -0.25) is 14.8 Å². The molecule has 0 radical (unpaired) electrons. The van der Waals surface area contributed by atoms with E-state index in [1.165, 1.54) is 5.56 Å². The predicted octanol–water partition coefficient (Wildman–Crippen LogP) is 1.79. The number of nitrogens with one attached hydrogen (secondary N) is 2. The van der Waals surface area contributed by atoms with Crippen LogP contribution in [0, 0.1) is 6.92 Å². The van der Waals surface area contributed by atoms with Crippen LogP contribution in [0.1, 0.15) is 39.6 Å². The van der Waals surface area contributed by atoms with Crippen LogP contribution in [0.5, 0.6) is 0 Å². The highest BCUT2D eigenvalue weighted by Gasteiger charge is 2.17. The summed E-state index contributed by atoms with van der Waals surface area (Å²) >= 11 is 0. The molecule has 0 saturated carbocycles. The molecular weight excluding hydrogens is 276 g/mol. The fraction of sp³-hybridized carbons (Fsp3) is 0.353. The lowest BCUT2D eigenvalue weighted by Gasteiger charge is -2.11. The molecule has 0 spiro atoms. The maximum absolute atomic E-state index is 12.3. The maximum atomic E-state index is 12.3. The van der Waals surface area contributed by atoms with Crippen LogP contribution in [0.25, 0.3) is 0 Å². The van der Waals surface area contributed by atoms with Gasteiger partial charge in [-0.05, 0) is 43.5 Å². The topological polar surface area (TPSA) is 66.9 Å². The summed E-state index contributed by atoms with van der Waals surface area (Å²) in [4.78, 5) is 20.7. The Morgan fingerprint density at radius 3 is 3.00 bits per heavy atom. The van der Waals surface area contributed by atoms with Crippen molar-refractivity contribution < 1.29 is 4.79 Å². The molecule has 1 amide bonds. The van der Waals surface area contributed by atoms with E-state index in [2.05, 4.69) is 26.7 Å². The normalized spacial score (nSPS) is 17.4. The molecule has 2 heterocycles. The standard InChI is InChI=1S/C17H20N4O/c1-12-8-20-16(10-19-12)11-21-17(22)14-4-2-3-13(7-14)15-5-6-18-9-15/h2-4,7-8,10,15,18H,5-6,9,11H2,1H3,(H,21,22)/t15-/m0/s1. The van der Waals surface area contributed by atoms with Crippen molar-refractivity contribution in [3.63, 3.8) is 0 Å². The van der Waals surface area contributed by atoms with Crippen LogP contribution in [0.2, 0.25) is 0 Å². The number of carbonyl (C=O) groups excluding carboxylic acids is 1. The van der Waals surface area contributed by atoms with Gasteiger partial charge in [0.15, 0.2) is 0 Å². The van der Waals surface area contributed by atoms with Crippen molar-refractivity contribution >= 4 is 5.91 Å². The van der Waals surface area contributed by atoms with Crippen LogP contribution in [-0.4, -0.2) is 29.0 Å². The first-order valence-corrected chi connectivity index (χ1v) is 7.59. The second kappa shape index (κ2) is 6.66. The highest BCUT2D eigenvalue weighted by molar-refractivity contribution is 5.94. The Kier molecular flexibility index (Phi) is 4.44. The van der Waals surface area contributed by atoms with Gasteiger partial charge in [0.25, 0.3) is 5.91 Å². The summed E-state index contributed by atoms with van der Waals surface area (Å²) in [5.74, 6) is 0.436. The van der Waals surface area contributed by atoms with Gasteiger partial charge < -0.3 is 10.6 Å². The number of nitrogens with zero attached hydrogens (tertiary/aromatic N) is 2. The molecule has 114 valence electrons. The average Bonchev–Trinajstić information content (AvgIpc) is 3.09. The molecule has 2 aromatic rings. The quantitative estimate of drug-likeness (QED) is 0.903. The number of carbonyl (C=O) groups is 1. The number of benzene rings is 1. The van der Waals surface area contributed by atoms with E-state index in [0.29, 0.717) is 18.0 Å². The fourth-order valence-electron chi connectivity index (χ4n) is 2.66. The summed E-state index contributed by atoms with van der Waals surface area (Å²) in [7, 11) is 0. The molecule has 0 unspecified atom stereocenters. The lowest BCUT2D eigenvalue weighted by atomic mass is 9.96. The maximum Gasteiger partial charge on any atom is 0.251 e. The van der Waals surface area contributed by atoms with E-state index in [-0.39, 0.29) is 5.91 Å². The van der Waals surface area contributed by atoms with E-state index in [9.17, 15) is 4.79 Å². The second-order valence-corrected chi connectivity index (χ2v) is 5.65. The molecule has 1 atom stereocenters. The van der Waals surface area contributed by atoms with Gasteiger partial charge in [0.05, 0.1) is 24.1 Å². The summed E-state index contributed by atoms with van der Waals surface area (Å²) in [6.45, 7) is 4.32. The number of amides is 1. The van der Waals surface area contributed by atoms with Crippen molar-refractivity contribution in [2.75, 3.05) is 13.1 Å². The number of hydrogen-bond acceptors (Lipinski definition) is 4. The van der Waals surface area contributed by atoms with E-state index < -0.39 is 0 Å². The van der Waals surface area contributed by atoms with E-state index in [0.717, 1.165) is 30.9 Å². The van der Waals surface area contributed by atoms with Crippen LogP contribution < -0.4 is 10.6 Å². The van der Waals surface area contributed by atoms with Gasteiger partial charge in [-0.2, -0.15) is 0 Å². The summed E-state index contributed by atoms with van der Waals surface area (Å²) < 4.78 is 0. The molecule has 0 bridgehead atoms. The molecule has 1 aromatic carbocycles. The largest absolute Gasteiger partial charge is 0.346 e. The van der Waals surface area contributed by atoms with Crippen molar-refractivity contribution in [1.82, 2.24) is 20.6 Å². The lowest BCUT2D eigenvalue weighted by Crippen LogP contribution is -2.23. The van der Waals surface area contributed by atoms with Crippen molar-refractivity contribution in [3.05, 3.63) is 59.2 Å². The number of aryl methyl sites for hydroxylation is 1. The molecule has 1 fully saturated rings. The van der Waals surface area contributed by atoms with Crippen molar-refractivity contribution in [2.45, 2.75) is 25.8 Å². The molecule has 5 nitrogen and oxygen atoms in total. The number of hydrogen-bond donors (Lipinski definition) is 2. The molecule has 2 N–H and O–H groups in total. The summed E-state index contributed by atoms with van der Waals surface area (Å²) in [5, 5.41) is 6.25. The lowest BCUT2D eigenvalue weighted by molar-refractivity contribution is 0.0950. The molecule has 5 heteroatoms. The summed E-state index contributed by atoms with van der Waals surface area (Å²) in [6, 6.07) is 7.89. The SMILES string of the molecule is Cc1cnc(CNC(=O)c2cccc([C@H]3CCNC3)c2)cn1. The molecule has 22 heavy (non-hydrogen) atoms. The Bertz CT molecular complexity index is 648. The van der Waals surface area contributed by atoms with Crippen LogP contribution in [-0.2, 0) is 6.54 Å². The van der Waals surface area contributed by atoms with E-state index in [1.54, 1.807) is 12.4 Å². The van der Waals surface area contributed by atoms with E-state index >= 15 is 0 Å². The fourth-order valence-corrected chi connectivity index (χ4v) is 2.66. The molecule has 1 aromatic heterocycles. The van der Waals surface area contributed by atoms with Gasteiger partial charge in [0.1, 0.15) is 0 Å². The molecule has 1 aliphatic rings. The van der Waals surface area contributed by atoms with Crippen molar-refractivity contribution in [3.8, 4) is 0 Å². The smallest absolute Gasteiger partial charge is 0.251 e. The van der Waals surface area contributed by atoms with Gasteiger partial charge >= 0.3 is 0 Å². The Balaban J connectivity index is 1.64. The van der Waals surface area contributed by atoms with Crippen LogP contribution in [0.3, 0.4) is 0 Å². The second-order valence-electron chi connectivity index (χ2n) is 5.65. The van der Waals surface area contributed by atoms with E-state index in [1.807, 2.05) is 25.1 Å². The highest BCUT2D eigenvalue weighted by atomic mass is 16.1. The first kappa shape index (κ1) is 14.7. The molecule has 3 rings (SSSR count). The van der Waals surface area contributed by atoms with Crippen molar-refractivity contribution in [1.29, 1.82) is 0 Å². The Morgan fingerprint density at radius 2 is 2.27 bits per heavy atom. The zero-order valence-corrected chi connectivity index (χ0v) is 12.7. The number of aromatic nitrogens is 2. The minimum Gasteiger partial charge on any atom is -0.346 e. The number of rotatable bonds is 4. The Labute approximate surface area is 130 Å². The first-order chi connectivity index (χ1) is 10.7. The van der Waals surface area contributed by atoms with Crippen molar-refractivity contribution in [2.24, 2.45) is 0 Å². The van der Waals surface area contributed by atoms with Crippen LogP contribution in [0.4, 0.5) is 0 Å². The summed E-state index contributed by atoms with van der Waals surface area (Å²) in [6.07, 6.45) is 4.52. The molecule has 1 saturated heterocycles. The molecular formula is C17H20N4O. The third-order valence-electron chi connectivity index (χ3n) is 3.95. The molecule has 1 aliphatic heterocycles.